The standard InChI is InChI=1S/C29H45ClN8O6/c1-38-25(16-20-2-3-20)23(17-35-38)27-24(30)18-34-28(37-27)36-22-6-4-21(5-7-22)33-19-26(39)31-8-10-42-12-14-44-15-13-43-11-9-32-29(40)41/h17-18,20-22,32-33H,2-16,19H2,1H3,(H,31,39)(H,40,41)(H,34,36,37). The lowest BCUT2D eigenvalue weighted by Crippen LogP contribution is -2.43. The van der Waals surface area contributed by atoms with Gasteiger partial charge in [0.15, 0.2) is 0 Å². The van der Waals surface area contributed by atoms with E-state index < -0.39 is 6.09 Å². The third-order valence-corrected chi connectivity index (χ3v) is 7.96. The normalized spacial score (nSPS) is 18.2. The first-order valence-electron chi connectivity index (χ1n) is 15.4. The number of ether oxygens (including phenoxy) is 3. The molecule has 44 heavy (non-hydrogen) atoms. The van der Waals surface area contributed by atoms with Gasteiger partial charge in [0, 0.05) is 43.5 Å². The van der Waals surface area contributed by atoms with Gasteiger partial charge in [-0.15, -0.1) is 0 Å². The number of aryl methyl sites for hydroxylation is 1. The van der Waals surface area contributed by atoms with E-state index in [2.05, 4.69) is 31.3 Å². The number of hydrogen-bond donors (Lipinski definition) is 5. The molecular weight excluding hydrogens is 592 g/mol. The van der Waals surface area contributed by atoms with E-state index in [1.165, 1.54) is 12.8 Å². The van der Waals surface area contributed by atoms with E-state index >= 15 is 0 Å². The fourth-order valence-corrected chi connectivity index (χ4v) is 5.28. The lowest BCUT2D eigenvalue weighted by atomic mass is 9.91. The van der Waals surface area contributed by atoms with Crippen LogP contribution in [0.4, 0.5) is 10.7 Å². The molecule has 2 aromatic rings. The molecule has 0 aliphatic heterocycles. The molecule has 15 heteroatoms. The predicted octanol–water partition coefficient (Wildman–Crippen LogP) is 2.23. The molecule has 2 amide bonds. The van der Waals surface area contributed by atoms with Crippen LogP contribution in [-0.4, -0.2) is 108 Å². The summed E-state index contributed by atoms with van der Waals surface area (Å²) in [5.74, 6) is 1.24. The molecule has 0 radical (unpaired) electrons. The summed E-state index contributed by atoms with van der Waals surface area (Å²) in [7, 11) is 1.97. The number of nitrogens with zero attached hydrogens (tertiary/aromatic N) is 4. The van der Waals surface area contributed by atoms with Crippen LogP contribution in [0.1, 0.15) is 44.2 Å². The van der Waals surface area contributed by atoms with Crippen LogP contribution in [0, 0.1) is 5.92 Å². The minimum Gasteiger partial charge on any atom is -0.465 e. The molecule has 14 nitrogen and oxygen atoms in total. The molecule has 0 saturated heterocycles. The van der Waals surface area contributed by atoms with Crippen LogP contribution in [0.5, 0.6) is 0 Å². The second-order valence-corrected chi connectivity index (χ2v) is 11.6. The summed E-state index contributed by atoms with van der Waals surface area (Å²) in [4.78, 5) is 31.7. The molecule has 2 saturated carbocycles. The summed E-state index contributed by atoms with van der Waals surface area (Å²) in [6, 6.07) is 0.539. The first-order chi connectivity index (χ1) is 21.4. The highest BCUT2D eigenvalue weighted by molar-refractivity contribution is 6.33. The van der Waals surface area contributed by atoms with Crippen molar-refractivity contribution >= 4 is 29.5 Å². The smallest absolute Gasteiger partial charge is 0.404 e. The summed E-state index contributed by atoms with van der Waals surface area (Å²) in [5.41, 5.74) is 2.86. The van der Waals surface area contributed by atoms with Gasteiger partial charge in [-0.1, -0.05) is 11.6 Å². The summed E-state index contributed by atoms with van der Waals surface area (Å²) >= 11 is 6.52. The van der Waals surface area contributed by atoms with Crippen molar-refractivity contribution in [2.24, 2.45) is 13.0 Å². The van der Waals surface area contributed by atoms with Crippen molar-refractivity contribution in [1.82, 2.24) is 35.7 Å². The molecule has 0 unspecified atom stereocenters. The number of aromatic nitrogens is 4. The minimum atomic E-state index is -1.07. The van der Waals surface area contributed by atoms with E-state index in [0.717, 1.165) is 55.0 Å². The zero-order chi connectivity index (χ0) is 31.1. The van der Waals surface area contributed by atoms with Crippen molar-refractivity contribution in [2.75, 3.05) is 64.6 Å². The third kappa shape index (κ3) is 11.8. The van der Waals surface area contributed by atoms with Gasteiger partial charge in [-0.05, 0) is 50.9 Å². The second-order valence-electron chi connectivity index (χ2n) is 11.2. The fourth-order valence-electron chi connectivity index (χ4n) is 5.08. The molecule has 2 heterocycles. The number of halogens is 1. The van der Waals surface area contributed by atoms with Gasteiger partial charge in [-0.25, -0.2) is 14.8 Å². The summed E-state index contributed by atoms with van der Waals surface area (Å²) in [6.45, 7) is 3.27. The average molecular weight is 637 g/mol. The summed E-state index contributed by atoms with van der Waals surface area (Å²) < 4.78 is 18.0. The number of amides is 2. The van der Waals surface area contributed by atoms with Gasteiger partial charge in [0.2, 0.25) is 11.9 Å². The van der Waals surface area contributed by atoms with E-state index in [-0.39, 0.29) is 31.1 Å². The number of carboxylic acid groups (broad SMARTS) is 1. The van der Waals surface area contributed by atoms with Crippen LogP contribution in [0.25, 0.3) is 11.3 Å². The van der Waals surface area contributed by atoms with Crippen LogP contribution < -0.4 is 21.3 Å². The third-order valence-electron chi connectivity index (χ3n) is 7.69. The summed E-state index contributed by atoms with van der Waals surface area (Å²) in [6.07, 6.45) is 9.76. The molecule has 5 N–H and O–H groups in total. The van der Waals surface area contributed by atoms with Gasteiger partial charge < -0.3 is 40.6 Å². The Morgan fingerprint density at radius 2 is 1.57 bits per heavy atom. The predicted molar refractivity (Wildman–Crippen MR) is 165 cm³/mol. The maximum atomic E-state index is 12.2. The molecule has 0 aromatic carbocycles. The van der Waals surface area contributed by atoms with E-state index in [0.29, 0.717) is 57.2 Å². The van der Waals surface area contributed by atoms with E-state index in [1.54, 1.807) is 6.20 Å². The van der Waals surface area contributed by atoms with Crippen molar-refractivity contribution in [3.8, 4) is 11.3 Å². The van der Waals surface area contributed by atoms with Crippen LogP contribution in [0.3, 0.4) is 0 Å². The van der Waals surface area contributed by atoms with Gasteiger partial charge in [-0.2, -0.15) is 5.10 Å². The van der Waals surface area contributed by atoms with Crippen molar-refractivity contribution < 1.29 is 28.9 Å². The van der Waals surface area contributed by atoms with Crippen molar-refractivity contribution in [3.05, 3.63) is 23.1 Å². The zero-order valence-corrected chi connectivity index (χ0v) is 26.1. The van der Waals surface area contributed by atoms with Gasteiger partial charge in [-0.3, -0.25) is 9.48 Å². The first kappa shape index (κ1) is 33.8. The van der Waals surface area contributed by atoms with Crippen molar-refractivity contribution in [1.29, 1.82) is 0 Å². The highest BCUT2D eigenvalue weighted by Gasteiger charge is 2.27. The van der Waals surface area contributed by atoms with Gasteiger partial charge in [0.25, 0.3) is 0 Å². The van der Waals surface area contributed by atoms with Crippen LogP contribution >= 0.6 is 11.6 Å². The lowest BCUT2D eigenvalue weighted by Gasteiger charge is -2.29. The Morgan fingerprint density at radius 1 is 0.932 bits per heavy atom. The molecule has 0 atom stereocenters. The maximum absolute atomic E-state index is 12.2. The lowest BCUT2D eigenvalue weighted by molar-refractivity contribution is -0.120. The molecule has 2 aromatic heterocycles. The molecule has 4 rings (SSSR count). The highest BCUT2D eigenvalue weighted by atomic mass is 35.5. The Labute approximate surface area is 263 Å². The van der Waals surface area contributed by atoms with Gasteiger partial charge in [0.05, 0.1) is 69.3 Å². The topological polar surface area (TPSA) is 174 Å². The molecule has 2 aliphatic rings. The van der Waals surface area contributed by atoms with Gasteiger partial charge in [0.1, 0.15) is 0 Å². The number of carbonyl (C=O) groups excluding carboxylic acids is 1. The van der Waals surface area contributed by atoms with E-state index in [4.69, 9.17) is 35.9 Å². The van der Waals surface area contributed by atoms with Crippen LogP contribution in [0.2, 0.25) is 5.02 Å². The monoisotopic (exact) mass is 636 g/mol. The number of rotatable bonds is 20. The molecular formula is C29H45ClN8O6. The Morgan fingerprint density at radius 3 is 2.23 bits per heavy atom. The Balaban J connectivity index is 1.04. The number of nitrogens with one attached hydrogen (secondary N) is 4. The number of carbonyl (C=O) groups is 2. The largest absolute Gasteiger partial charge is 0.465 e. The Kier molecular flexibility index (Phi) is 13.9. The first-order valence-corrected chi connectivity index (χ1v) is 15.8. The van der Waals surface area contributed by atoms with E-state index in [1.807, 2.05) is 17.9 Å². The van der Waals surface area contributed by atoms with Crippen molar-refractivity contribution in [3.63, 3.8) is 0 Å². The maximum Gasteiger partial charge on any atom is 0.404 e. The molecule has 2 aliphatic carbocycles. The van der Waals surface area contributed by atoms with Crippen LogP contribution in [-0.2, 0) is 32.5 Å². The molecule has 0 bridgehead atoms. The SMILES string of the molecule is Cn1ncc(-c2nc(NC3CCC(NCC(=O)NCCOCCOCCOCCNC(=O)O)CC3)ncc2Cl)c1CC1CC1. The highest BCUT2D eigenvalue weighted by Crippen LogP contribution is 2.37. The fraction of sp³-hybridized carbons (Fsp3) is 0.690. The molecule has 0 spiro atoms. The molecule has 244 valence electrons. The number of hydrogen-bond acceptors (Lipinski definition) is 10. The minimum absolute atomic E-state index is 0.0572. The van der Waals surface area contributed by atoms with Gasteiger partial charge >= 0.3 is 6.09 Å². The quantitative estimate of drug-likeness (QED) is 0.135. The number of anilines is 1. The Hall–Kier alpha value is -3.04. The van der Waals surface area contributed by atoms with E-state index in [9.17, 15) is 9.59 Å². The van der Waals surface area contributed by atoms with Crippen LogP contribution in [0.15, 0.2) is 12.4 Å². The average Bonchev–Trinajstić information content (AvgIpc) is 3.77. The summed E-state index contributed by atoms with van der Waals surface area (Å²) in [5, 5.41) is 25.4. The second kappa shape index (κ2) is 18.1. The Bertz CT molecular complexity index is 1190. The van der Waals surface area contributed by atoms with Crippen molar-refractivity contribution in [2.45, 2.75) is 57.0 Å². The zero-order valence-electron chi connectivity index (χ0n) is 25.4. The molecule has 2 fully saturated rings.